The second kappa shape index (κ2) is 5.24. The third-order valence-corrected chi connectivity index (χ3v) is 3.86. The molecule has 2 aromatic rings. The highest BCUT2D eigenvalue weighted by Gasteiger charge is 2.16. The summed E-state index contributed by atoms with van der Waals surface area (Å²) in [6, 6.07) is 1.82. The lowest BCUT2D eigenvalue weighted by atomic mass is 10.3. The van der Waals surface area contributed by atoms with Crippen molar-refractivity contribution in [3.8, 4) is 0 Å². The van der Waals surface area contributed by atoms with Crippen LogP contribution in [-0.4, -0.2) is 27.4 Å². The molecule has 0 N–H and O–H groups in total. The normalized spacial score (nSPS) is 10.7. The van der Waals surface area contributed by atoms with Crippen LogP contribution in [0.15, 0.2) is 22.1 Å². The Labute approximate surface area is 118 Å². The first kappa shape index (κ1) is 13.3. The van der Waals surface area contributed by atoms with Crippen molar-refractivity contribution >= 4 is 33.2 Å². The topological polar surface area (TPSA) is 38.1 Å². The minimum absolute atomic E-state index is 0.00569. The molecule has 0 unspecified atom stereocenters. The van der Waals surface area contributed by atoms with Gasteiger partial charge in [-0.25, -0.2) is 4.98 Å². The van der Waals surface area contributed by atoms with Gasteiger partial charge in [0.25, 0.3) is 5.91 Å². The fourth-order valence-electron chi connectivity index (χ4n) is 1.73. The van der Waals surface area contributed by atoms with E-state index in [0.29, 0.717) is 12.2 Å². The number of nitrogens with zero attached hydrogens (tertiary/aromatic N) is 3. The van der Waals surface area contributed by atoms with Gasteiger partial charge >= 0.3 is 0 Å². The van der Waals surface area contributed by atoms with Gasteiger partial charge in [-0.3, -0.25) is 4.79 Å². The summed E-state index contributed by atoms with van der Waals surface area (Å²) < 4.78 is 2.72. The lowest BCUT2D eigenvalue weighted by Gasteiger charge is -2.16. The molecule has 0 aliphatic carbocycles. The van der Waals surface area contributed by atoms with Gasteiger partial charge in [0.2, 0.25) is 0 Å². The van der Waals surface area contributed by atoms with Crippen LogP contribution in [0.1, 0.15) is 21.2 Å². The van der Waals surface area contributed by atoms with Crippen molar-refractivity contribution in [2.24, 2.45) is 7.05 Å². The minimum Gasteiger partial charge on any atom is -0.345 e. The van der Waals surface area contributed by atoms with Crippen molar-refractivity contribution in [3.63, 3.8) is 0 Å². The van der Waals surface area contributed by atoms with Crippen LogP contribution in [0.25, 0.3) is 0 Å². The number of amides is 1. The molecule has 0 saturated carbocycles. The SMILES string of the molecule is Cc1nc(CN(C)C(=O)c2cc(Br)cn2C)cs1. The zero-order chi connectivity index (χ0) is 13.3. The fourth-order valence-corrected chi connectivity index (χ4v) is 2.86. The van der Waals surface area contributed by atoms with Gasteiger partial charge < -0.3 is 9.47 Å². The van der Waals surface area contributed by atoms with E-state index >= 15 is 0 Å². The molecule has 18 heavy (non-hydrogen) atoms. The van der Waals surface area contributed by atoms with Crippen LogP contribution >= 0.6 is 27.3 Å². The van der Waals surface area contributed by atoms with Gasteiger partial charge in [0.15, 0.2) is 0 Å². The summed E-state index contributed by atoms with van der Waals surface area (Å²) >= 11 is 4.97. The summed E-state index contributed by atoms with van der Waals surface area (Å²) in [7, 11) is 3.65. The van der Waals surface area contributed by atoms with E-state index in [1.54, 1.807) is 23.3 Å². The lowest BCUT2D eigenvalue weighted by molar-refractivity contribution is 0.0774. The van der Waals surface area contributed by atoms with Crippen LogP contribution in [0.4, 0.5) is 0 Å². The summed E-state index contributed by atoms with van der Waals surface area (Å²) in [5.74, 6) is -0.00569. The van der Waals surface area contributed by atoms with Gasteiger partial charge in [0, 0.05) is 30.1 Å². The molecule has 96 valence electrons. The van der Waals surface area contributed by atoms with Crippen LogP contribution in [0.2, 0.25) is 0 Å². The zero-order valence-corrected chi connectivity index (χ0v) is 12.9. The van der Waals surface area contributed by atoms with Crippen LogP contribution < -0.4 is 0 Å². The van der Waals surface area contributed by atoms with Crippen LogP contribution in [-0.2, 0) is 13.6 Å². The van der Waals surface area contributed by atoms with Gasteiger partial charge in [-0.2, -0.15) is 0 Å². The minimum atomic E-state index is -0.00569. The third-order valence-electron chi connectivity index (χ3n) is 2.60. The largest absolute Gasteiger partial charge is 0.345 e. The third kappa shape index (κ3) is 2.81. The Morgan fingerprint density at radius 1 is 1.61 bits per heavy atom. The standard InChI is InChI=1S/C12H14BrN3OS/c1-8-14-10(7-18-8)6-16(3)12(17)11-4-9(13)5-15(11)2/h4-5,7H,6H2,1-3H3. The number of hydrogen-bond acceptors (Lipinski definition) is 3. The highest BCUT2D eigenvalue weighted by molar-refractivity contribution is 9.10. The summed E-state index contributed by atoms with van der Waals surface area (Å²) in [4.78, 5) is 18.3. The fraction of sp³-hybridized carbons (Fsp3) is 0.333. The molecule has 2 heterocycles. The van der Waals surface area contributed by atoms with Gasteiger partial charge in [-0.15, -0.1) is 11.3 Å². The summed E-state index contributed by atoms with van der Waals surface area (Å²) in [6.45, 7) is 2.50. The number of aryl methyl sites for hydroxylation is 2. The van der Waals surface area contributed by atoms with Crippen molar-refractivity contribution in [1.82, 2.24) is 14.5 Å². The first-order valence-electron chi connectivity index (χ1n) is 5.45. The average Bonchev–Trinajstić information content (AvgIpc) is 2.84. The second-order valence-corrected chi connectivity index (χ2v) is 6.15. The number of thiazole rings is 1. The Bertz CT molecular complexity index is 576. The smallest absolute Gasteiger partial charge is 0.270 e. The second-order valence-electron chi connectivity index (χ2n) is 4.17. The number of aromatic nitrogens is 2. The molecule has 0 spiro atoms. The van der Waals surface area contributed by atoms with E-state index < -0.39 is 0 Å². The monoisotopic (exact) mass is 327 g/mol. The quantitative estimate of drug-likeness (QED) is 0.869. The average molecular weight is 328 g/mol. The summed E-state index contributed by atoms with van der Waals surface area (Å²) in [5, 5.41) is 3.01. The molecule has 6 heteroatoms. The van der Waals surface area contributed by atoms with Crippen molar-refractivity contribution in [1.29, 1.82) is 0 Å². The van der Waals surface area contributed by atoms with E-state index in [-0.39, 0.29) is 5.91 Å². The molecule has 0 fully saturated rings. The Morgan fingerprint density at radius 3 is 2.83 bits per heavy atom. The van der Waals surface area contributed by atoms with Crippen molar-refractivity contribution in [2.45, 2.75) is 13.5 Å². The molecule has 0 aliphatic heterocycles. The highest BCUT2D eigenvalue weighted by atomic mass is 79.9. The molecular formula is C12H14BrN3OS. The van der Waals surface area contributed by atoms with Gasteiger partial charge in [0.05, 0.1) is 17.2 Å². The van der Waals surface area contributed by atoms with Crippen LogP contribution in [0.3, 0.4) is 0 Å². The maximum Gasteiger partial charge on any atom is 0.270 e. The Morgan fingerprint density at radius 2 is 2.33 bits per heavy atom. The van der Waals surface area contributed by atoms with E-state index in [4.69, 9.17) is 0 Å². The molecular weight excluding hydrogens is 314 g/mol. The zero-order valence-electron chi connectivity index (χ0n) is 10.5. The molecule has 0 radical (unpaired) electrons. The number of rotatable bonds is 3. The van der Waals surface area contributed by atoms with Crippen LogP contribution in [0, 0.1) is 6.92 Å². The lowest BCUT2D eigenvalue weighted by Crippen LogP contribution is -2.27. The summed E-state index contributed by atoms with van der Waals surface area (Å²) in [6.07, 6.45) is 1.87. The van der Waals surface area contributed by atoms with E-state index in [2.05, 4.69) is 20.9 Å². The molecule has 0 saturated heterocycles. The van der Waals surface area contributed by atoms with E-state index in [9.17, 15) is 4.79 Å². The predicted molar refractivity (Wildman–Crippen MR) is 75.8 cm³/mol. The van der Waals surface area contributed by atoms with Crippen molar-refractivity contribution < 1.29 is 4.79 Å². The van der Waals surface area contributed by atoms with Crippen molar-refractivity contribution in [3.05, 3.63) is 38.5 Å². The Kier molecular flexibility index (Phi) is 3.87. The van der Waals surface area contributed by atoms with Gasteiger partial charge in [0.1, 0.15) is 5.69 Å². The van der Waals surface area contributed by atoms with Gasteiger partial charge in [-0.05, 0) is 28.9 Å². The number of halogens is 1. The molecule has 2 aromatic heterocycles. The number of carbonyl (C=O) groups is 1. The van der Waals surface area contributed by atoms with E-state index in [0.717, 1.165) is 15.2 Å². The molecule has 0 atom stereocenters. The van der Waals surface area contributed by atoms with E-state index in [1.165, 1.54) is 0 Å². The number of hydrogen-bond donors (Lipinski definition) is 0. The molecule has 4 nitrogen and oxygen atoms in total. The van der Waals surface area contributed by atoms with Crippen molar-refractivity contribution in [2.75, 3.05) is 7.05 Å². The Hall–Kier alpha value is -1.14. The maximum absolute atomic E-state index is 12.2. The van der Waals surface area contributed by atoms with E-state index in [1.807, 2.05) is 36.2 Å². The molecule has 2 rings (SSSR count). The first-order chi connectivity index (χ1) is 8.47. The summed E-state index contributed by atoms with van der Waals surface area (Å²) in [5.41, 5.74) is 1.60. The Balaban J connectivity index is 2.11. The molecule has 0 bridgehead atoms. The first-order valence-corrected chi connectivity index (χ1v) is 7.13. The van der Waals surface area contributed by atoms with Crippen LogP contribution in [0.5, 0.6) is 0 Å². The highest BCUT2D eigenvalue weighted by Crippen LogP contribution is 2.16. The predicted octanol–water partition coefficient (Wildman–Crippen LogP) is 2.82. The molecule has 0 aliphatic rings. The molecule has 1 amide bonds. The number of carbonyl (C=O) groups excluding carboxylic acids is 1. The molecule has 0 aromatic carbocycles. The maximum atomic E-state index is 12.2. The van der Waals surface area contributed by atoms with Gasteiger partial charge in [-0.1, -0.05) is 0 Å².